The Labute approximate surface area is 189 Å². The van der Waals surface area contributed by atoms with Crippen LogP contribution in [0.25, 0.3) is 11.0 Å². The molecule has 1 rings (SSSR count). The summed E-state index contributed by atoms with van der Waals surface area (Å²) < 4.78 is 0. The van der Waals surface area contributed by atoms with Gasteiger partial charge in [0.15, 0.2) is 0 Å². The third kappa shape index (κ3) is 8.90. The molecule has 0 saturated heterocycles. The topological polar surface area (TPSA) is 46.7 Å². The molecular formula is C20H24KN3-2. The van der Waals surface area contributed by atoms with Crippen LogP contribution in [0.2, 0.25) is 0 Å². The van der Waals surface area contributed by atoms with Gasteiger partial charge >= 0.3 is 51.4 Å². The first-order valence-electron chi connectivity index (χ1n) is 7.81. The van der Waals surface area contributed by atoms with Gasteiger partial charge in [0, 0.05) is 12.2 Å². The van der Waals surface area contributed by atoms with E-state index < -0.39 is 0 Å². The average molecular weight is 346 g/mol. The Morgan fingerprint density at radius 1 is 1.46 bits per heavy atom. The van der Waals surface area contributed by atoms with E-state index in [0.29, 0.717) is 11.3 Å². The predicted octanol–water partition coefficient (Wildman–Crippen LogP) is 1.37. The molecule has 0 amide bonds. The quantitative estimate of drug-likeness (QED) is 0.296. The van der Waals surface area contributed by atoms with Gasteiger partial charge in [-0.25, -0.2) is 0 Å². The second-order valence-electron chi connectivity index (χ2n) is 5.26. The van der Waals surface area contributed by atoms with E-state index in [0.717, 1.165) is 43.3 Å². The molecule has 0 aliphatic carbocycles. The fourth-order valence-corrected chi connectivity index (χ4v) is 1.93. The number of hydrogen-bond donors (Lipinski definition) is 1. The summed E-state index contributed by atoms with van der Waals surface area (Å²) >= 11 is 0. The Morgan fingerprint density at radius 3 is 2.83 bits per heavy atom. The average Bonchev–Trinajstić information content (AvgIpc) is 2.59. The maximum absolute atomic E-state index is 9.40. The molecule has 0 aromatic heterocycles. The number of aliphatic imine (C=N–C) groups is 1. The molecule has 0 radical (unpaired) electrons. The zero-order chi connectivity index (χ0) is 17.1. The number of hydrogen-bond acceptors (Lipinski definition) is 2. The first-order valence-corrected chi connectivity index (χ1v) is 7.81. The van der Waals surface area contributed by atoms with Crippen molar-refractivity contribution in [2.24, 2.45) is 4.99 Å². The summed E-state index contributed by atoms with van der Waals surface area (Å²) in [4.78, 5) is 4.06. The van der Waals surface area contributed by atoms with Crippen LogP contribution in [-0.2, 0) is 6.42 Å². The summed E-state index contributed by atoms with van der Waals surface area (Å²) in [5, 5.41) is 12.7. The molecular weight excluding hydrogens is 321 g/mol. The van der Waals surface area contributed by atoms with Crippen LogP contribution < -0.4 is 56.7 Å². The zero-order valence-corrected chi connectivity index (χ0v) is 18.1. The first kappa shape index (κ1) is 23.2. The Balaban J connectivity index is 0.00000529. The van der Waals surface area contributed by atoms with Crippen LogP contribution in [0.1, 0.15) is 37.8 Å². The third-order valence-electron chi connectivity index (χ3n) is 3.40. The molecule has 0 spiro atoms. The Bertz CT molecular complexity index is 615. The van der Waals surface area contributed by atoms with Crippen molar-refractivity contribution in [3.05, 3.63) is 71.9 Å². The molecule has 0 heterocycles. The molecule has 1 aromatic carbocycles. The fraction of sp³-hybridized carbons (Fsp3) is 0.300. The molecule has 0 bridgehead atoms. The predicted molar refractivity (Wildman–Crippen MR) is 100 cm³/mol. The van der Waals surface area contributed by atoms with Crippen LogP contribution in [0.5, 0.6) is 0 Å². The van der Waals surface area contributed by atoms with Crippen molar-refractivity contribution in [3.63, 3.8) is 0 Å². The molecule has 1 N–H and O–H groups in total. The monoisotopic (exact) mass is 345 g/mol. The van der Waals surface area contributed by atoms with Crippen LogP contribution in [0.4, 0.5) is 0 Å². The van der Waals surface area contributed by atoms with Gasteiger partial charge in [0.1, 0.15) is 0 Å². The van der Waals surface area contributed by atoms with Gasteiger partial charge in [-0.15, -0.1) is 5.57 Å². The van der Waals surface area contributed by atoms with Crippen molar-refractivity contribution in [1.82, 2.24) is 5.32 Å². The number of benzene rings is 1. The van der Waals surface area contributed by atoms with Crippen LogP contribution in [0.15, 0.2) is 47.6 Å². The second-order valence-corrected chi connectivity index (χ2v) is 5.26. The summed E-state index contributed by atoms with van der Waals surface area (Å²) in [5.41, 5.74) is 4.33. The maximum Gasteiger partial charge on any atom is 1.00 e. The molecule has 0 atom stereocenters. The van der Waals surface area contributed by atoms with E-state index in [-0.39, 0.29) is 51.4 Å². The van der Waals surface area contributed by atoms with Gasteiger partial charge in [-0.2, -0.15) is 6.08 Å². The summed E-state index contributed by atoms with van der Waals surface area (Å²) in [5.74, 6) is 0. The van der Waals surface area contributed by atoms with Crippen LogP contribution >= 0.6 is 0 Å². The molecule has 0 unspecified atom stereocenters. The van der Waals surface area contributed by atoms with Gasteiger partial charge in [-0.05, 0) is 25.5 Å². The van der Waals surface area contributed by atoms with Gasteiger partial charge < -0.3 is 15.7 Å². The largest absolute Gasteiger partial charge is 1.00 e. The normalized spacial score (nSPS) is 11.4. The van der Waals surface area contributed by atoms with Crippen molar-refractivity contribution < 1.29 is 51.4 Å². The number of nitrogens with zero attached hydrogens (tertiary/aromatic N) is 2. The smallest absolute Gasteiger partial charge is 0.862 e. The van der Waals surface area contributed by atoms with Crippen LogP contribution in [0.3, 0.4) is 0 Å². The van der Waals surface area contributed by atoms with E-state index in [4.69, 9.17) is 6.58 Å². The molecule has 4 heteroatoms. The first-order chi connectivity index (χ1) is 11.1. The standard InChI is InChI=1S/C20H24N3.K/c1-5-16(3)22-12-8-10-18-9-7-11-19(13-18)20(14-21)15-23-17(4)6-2;/h2,6-7,9,11,13-14,22H,3,5,8,10,12H2,1,4H3;/q-3;+1. The Hall–Kier alpha value is -0.784. The van der Waals surface area contributed by atoms with E-state index in [9.17, 15) is 5.41 Å². The van der Waals surface area contributed by atoms with E-state index >= 15 is 0 Å². The molecule has 1 aromatic rings. The van der Waals surface area contributed by atoms with Crippen molar-refractivity contribution in [1.29, 1.82) is 0 Å². The summed E-state index contributed by atoms with van der Waals surface area (Å²) in [6, 6.07) is 8.02. The number of nitrogens with one attached hydrogen (secondary N) is 1. The summed E-state index contributed by atoms with van der Waals surface area (Å²) in [7, 11) is 0. The van der Waals surface area contributed by atoms with Gasteiger partial charge in [-0.3, -0.25) is 12.8 Å². The van der Waals surface area contributed by atoms with Crippen molar-refractivity contribution >= 4 is 17.5 Å². The zero-order valence-electron chi connectivity index (χ0n) is 15.0. The minimum absolute atomic E-state index is 0. The van der Waals surface area contributed by atoms with E-state index in [2.05, 4.69) is 36.1 Å². The minimum Gasteiger partial charge on any atom is -0.862 e. The van der Waals surface area contributed by atoms with E-state index in [1.54, 1.807) is 6.92 Å². The molecule has 122 valence electrons. The van der Waals surface area contributed by atoms with E-state index in [1.807, 2.05) is 18.2 Å². The van der Waals surface area contributed by atoms with E-state index in [1.165, 1.54) is 11.6 Å². The van der Waals surface area contributed by atoms with Crippen LogP contribution in [0, 0.1) is 12.8 Å². The van der Waals surface area contributed by atoms with Gasteiger partial charge in [0.05, 0.1) is 0 Å². The number of rotatable bonds is 10. The molecule has 0 saturated carbocycles. The van der Waals surface area contributed by atoms with Gasteiger partial charge in [-0.1, -0.05) is 61.5 Å². The van der Waals surface area contributed by atoms with Crippen molar-refractivity contribution in [2.75, 3.05) is 6.54 Å². The number of aryl methyl sites for hydroxylation is 1. The Morgan fingerprint density at radius 2 is 2.21 bits per heavy atom. The summed E-state index contributed by atoms with van der Waals surface area (Å²) in [6.45, 7) is 14.1. The van der Waals surface area contributed by atoms with Crippen molar-refractivity contribution in [3.8, 4) is 0 Å². The van der Waals surface area contributed by atoms with Crippen LogP contribution in [-0.4, -0.2) is 18.5 Å². The van der Waals surface area contributed by atoms with Gasteiger partial charge in [0.2, 0.25) is 0 Å². The number of allylic oxidation sites excluding steroid dienone is 3. The van der Waals surface area contributed by atoms with Gasteiger partial charge in [0.25, 0.3) is 0 Å². The molecule has 0 aliphatic heterocycles. The minimum atomic E-state index is 0. The molecule has 0 fully saturated rings. The fourth-order valence-electron chi connectivity index (χ4n) is 1.93. The second kappa shape index (κ2) is 13.5. The Kier molecular flexibility index (Phi) is 13.1. The summed E-state index contributed by atoms with van der Waals surface area (Å²) in [6.07, 6.45) is 8.15. The third-order valence-corrected chi connectivity index (χ3v) is 3.40. The van der Waals surface area contributed by atoms with Crippen molar-refractivity contribution in [2.45, 2.75) is 33.1 Å². The molecule has 3 nitrogen and oxygen atoms in total. The molecule has 24 heavy (non-hydrogen) atoms. The maximum atomic E-state index is 9.40. The SMILES string of the molecule is [CH-]=CC(C)=N[C-]=C(C=[N-])c1cccc(CCCNC(=C)CC)c1.[K+]. The molecule has 0 aliphatic rings.